The first-order valence-electron chi connectivity index (χ1n) is 17.1. The van der Waals surface area contributed by atoms with Gasteiger partial charge in [-0.25, -0.2) is 14.2 Å². The van der Waals surface area contributed by atoms with Gasteiger partial charge in [0.25, 0.3) is 0 Å². The quantitative estimate of drug-likeness (QED) is 0.305. The SMILES string of the molecule is CC(C)(C)[C@H](c1nc(-c2ccccc2)cn1Cc1ccccc1)N(C[C@]1(F)CCNC1)C(=O)N1CCC(N2CCCCC2)CC1. The third-order valence-electron chi connectivity index (χ3n) is 9.98. The number of hydrogen-bond donors (Lipinski definition) is 1. The number of imidazole rings is 1. The maximum atomic E-state index is 16.5. The molecule has 1 N–H and O–H groups in total. The van der Waals surface area contributed by atoms with E-state index in [-0.39, 0.29) is 19.1 Å². The van der Waals surface area contributed by atoms with E-state index in [9.17, 15) is 4.79 Å². The van der Waals surface area contributed by atoms with E-state index >= 15 is 4.39 Å². The van der Waals surface area contributed by atoms with E-state index in [0.717, 1.165) is 35.5 Å². The Morgan fingerprint density at radius 1 is 1.00 bits per heavy atom. The Morgan fingerprint density at radius 3 is 2.29 bits per heavy atom. The highest BCUT2D eigenvalue weighted by Gasteiger charge is 2.46. The van der Waals surface area contributed by atoms with Crippen LogP contribution >= 0.6 is 0 Å². The van der Waals surface area contributed by atoms with Crippen molar-refractivity contribution in [3.63, 3.8) is 0 Å². The molecule has 0 unspecified atom stereocenters. The molecule has 2 atom stereocenters. The lowest BCUT2D eigenvalue weighted by Gasteiger charge is -2.46. The van der Waals surface area contributed by atoms with Gasteiger partial charge in [0.05, 0.1) is 18.3 Å². The molecule has 0 spiro atoms. The average Bonchev–Trinajstić information content (AvgIpc) is 3.67. The van der Waals surface area contributed by atoms with Crippen molar-refractivity contribution in [2.45, 2.75) is 83.6 Å². The molecular weight excluding hydrogens is 563 g/mol. The third kappa shape index (κ3) is 7.44. The fraction of sp³-hybridized carbons (Fsp3) is 0.568. The molecule has 0 radical (unpaired) electrons. The number of benzene rings is 2. The van der Waals surface area contributed by atoms with Crippen molar-refractivity contribution in [1.29, 1.82) is 0 Å². The Balaban J connectivity index is 1.36. The van der Waals surface area contributed by atoms with Crippen molar-refractivity contribution >= 4 is 6.03 Å². The highest BCUT2D eigenvalue weighted by atomic mass is 19.1. The summed E-state index contributed by atoms with van der Waals surface area (Å²) in [5.74, 6) is 0.802. The zero-order valence-corrected chi connectivity index (χ0v) is 27.4. The second-order valence-corrected chi connectivity index (χ2v) is 14.5. The van der Waals surface area contributed by atoms with Gasteiger partial charge in [0.15, 0.2) is 0 Å². The van der Waals surface area contributed by atoms with Gasteiger partial charge < -0.3 is 24.6 Å². The zero-order valence-electron chi connectivity index (χ0n) is 27.4. The largest absolute Gasteiger partial charge is 0.328 e. The summed E-state index contributed by atoms with van der Waals surface area (Å²) in [4.78, 5) is 26.5. The minimum atomic E-state index is -1.48. The van der Waals surface area contributed by atoms with Crippen molar-refractivity contribution in [2.24, 2.45) is 5.41 Å². The van der Waals surface area contributed by atoms with Crippen molar-refractivity contribution < 1.29 is 9.18 Å². The summed E-state index contributed by atoms with van der Waals surface area (Å²) in [6.07, 6.45) is 8.32. The Labute approximate surface area is 268 Å². The molecule has 2 amide bonds. The van der Waals surface area contributed by atoms with E-state index in [1.165, 1.54) is 32.4 Å². The number of rotatable bonds is 8. The van der Waals surface area contributed by atoms with Gasteiger partial charge in [0.2, 0.25) is 0 Å². The number of piperidine rings is 2. The lowest BCUT2D eigenvalue weighted by Crippen LogP contribution is -2.56. The van der Waals surface area contributed by atoms with Crippen LogP contribution in [0.1, 0.15) is 76.7 Å². The number of hydrogen-bond acceptors (Lipinski definition) is 4. The number of carbonyl (C=O) groups excluding carboxylic acids is 1. The van der Waals surface area contributed by atoms with Gasteiger partial charge in [-0.15, -0.1) is 0 Å². The summed E-state index contributed by atoms with van der Waals surface area (Å²) >= 11 is 0. The van der Waals surface area contributed by atoms with E-state index in [0.29, 0.717) is 38.6 Å². The molecule has 2 aromatic carbocycles. The minimum absolute atomic E-state index is 0.0473. The summed E-state index contributed by atoms with van der Waals surface area (Å²) in [7, 11) is 0. The van der Waals surface area contributed by atoms with Gasteiger partial charge in [-0.05, 0) is 62.7 Å². The molecule has 0 aliphatic carbocycles. The second kappa shape index (κ2) is 13.6. The van der Waals surface area contributed by atoms with Gasteiger partial charge in [0.1, 0.15) is 11.5 Å². The molecule has 3 saturated heterocycles. The molecule has 1 aromatic heterocycles. The van der Waals surface area contributed by atoms with Crippen molar-refractivity contribution in [3.05, 3.63) is 78.2 Å². The molecular formula is C37H51FN6O. The number of halogens is 1. The maximum Gasteiger partial charge on any atom is 0.320 e. The molecule has 8 heteroatoms. The minimum Gasteiger partial charge on any atom is -0.328 e. The molecule has 7 nitrogen and oxygen atoms in total. The molecule has 3 aliphatic heterocycles. The molecule has 242 valence electrons. The number of likely N-dealkylation sites (tertiary alicyclic amines) is 2. The standard InChI is InChI=1S/C37H51FN6O/c1-36(2,3)33(34-40-32(30-15-9-5-10-16-30)26-43(34)25-29-13-7-4-8-14-29)44(28-37(38)19-20-39-27-37)35(45)42-23-17-31(18-24-42)41-21-11-6-12-22-41/h4-5,7-10,13-16,26,31,33,39H,6,11-12,17-25,27-28H2,1-3H3/t33-,37-/m0/s1. The highest BCUT2D eigenvalue weighted by Crippen LogP contribution is 2.41. The lowest BCUT2D eigenvalue weighted by atomic mass is 9.84. The van der Waals surface area contributed by atoms with Gasteiger partial charge in [-0.2, -0.15) is 0 Å². The molecule has 0 bridgehead atoms. The van der Waals surface area contributed by atoms with Crippen LogP contribution in [0, 0.1) is 5.41 Å². The lowest BCUT2D eigenvalue weighted by molar-refractivity contribution is 0.0309. The van der Waals surface area contributed by atoms with Gasteiger partial charge in [-0.1, -0.05) is 87.9 Å². The van der Waals surface area contributed by atoms with Crippen molar-refractivity contribution in [1.82, 2.24) is 29.6 Å². The third-order valence-corrected chi connectivity index (χ3v) is 9.98. The molecule has 4 heterocycles. The van der Waals surface area contributed by atoms with Crippen LogP contribution in [-0.4, -0.2) is 87.8 Å². The number of aromatic nitrogens is 2. The second-order valence-electron chi connectivity index (χ2n) is 14.5. The van der Waals surface area contributed by atoms with Gasteiger partial charge in [0, 0.05) is 44.0 Å². The van der Waals surface area contributed by atoms with Crippen LogP contribution in [0.15, 0.2) is 66.9 Å². The fourth-order valence-electron chi connectivity index (χ4n) is 7.61. The molecule has 3 aliphatic rings. The predicted molar refractivity (Wildman–Crippen MR) is 179 cm³/mol. The molecule has 6 rings (SSSR count). The van der Waals surface area contributed by atoms with Crippen molar-refractivity contribution in [3.8, 4) is 11.3 Å². The number of carbonyl (C=O) groups is 1. The van der Waals surface area contributed by atoms with E-state index in [4.69, 9.17) is 4.98 Å². The number of nitrogens with zero attached hydrogens (tertiary/aromatic N) is 5. The average molecular weight is 615 g/mol. The first kappa shape index (κ1) is 31.7. The van der Waals surface area contributed by atoms with Gasteiger partial charge in [-0.3, -0.25) is 0 Å². The Morgan fingerprint density at radius 2 is 1.67 bits per heavy atom. The Hall–Kier alpha value is -3.23. The van der Waals surface area contributed by atoms with E-state index in [2.05, 4.69) is 78.2 Å². The Kier molecular flexibility index (Phi) is 9.62. The molecule has 3 aromatic rings. The van der Waals surface area contributed by atoms with Crippen LogP contribution in [-0.2, 0) is 6.54 Å². The highest BCUT2D eigenvalue weighted by molar-refractivity contribution is 5.75. The summed E-state index contributed by atoms with van der Waals surface area (Å²) in [5.41, 5.74) is 1.16. The number of alkyl halides is 1. The normalized spacial score (nSPS) is 22.4. The molecule has 3 fully saturated rings. The summed E-state index contributed by atoms with van der Waals surface area (Å²) in [6, 6.07) is 20.6. The van der Waals surface area contributed by atoms with Gasteiger partial charge >= 0.3 is 6.03 Å². The van der Waals surface area contributed by atoms with E-state index in [1.54, 1.807) is 0 Å². The Bertz CT molecular complexity index is 1380. The first-order chi connectivity index (χ1) is 21.7. The van der Waals surface area contributed by atoms with Crippen LogP contribution < -0.4 is 5.32 Å². The first-order valence-corrected chi connectivity index (χ1v) is 17.1. The topological polar surface area (TPSA) is 56.6 Å². The van der Waals surface area contributed by atoms with Crippen LogP contribution in [0.25, 0.3) is 11.3 Å². The van der Waals surface area contributed by atoms with Crippen LogP contribution in [0.2, 0.25) is 0 Å². The summed E-state index contributed by atoms with van der Waals surface area (Å²) < 4.78 is 18.7. The zero-order chi connectivity index (χ0) is 31.4. The van der Waals surface area contributed by atoms with E-state index in [1.807, 2.05) is 34.1 Å². The summed E-state index contributed by atoms with van der Waals surface area (Å²) in [6.45, 7) is 11.8. The van der Waals surface area contributed by atoms with Crippen molar-refractivity contribution in [2.75, 3.05) is 45.8 Å². The van der Waals surface area contributed by atoms with Crippen LogP contribution in [0.3, 0.4) is 0 Å². The monoisotopic (exact) mass is 614 g/mol. The number of amides is 2. The number of urea groups is 1. The predicted octanol–water partition coefficient (Wildman–Crippen LogP) is 6.76. The molecule has 45 heavy (non-hydrogen) atoms. The van der Waals surface area contributed by atoms with Crippen LogP contribution in [0.4, 0.5) is 9.18 Å². The van der Waals surface area contributed by atoms with E-state index < -0.39 is 17.1 Å². The molecule has 0 saturated carbocycles. The fourth-order valence-corrected chi connectivity index (χ4v) is 7.61. The summed E-state index contributed by atoms with van der Waals surface area (Å²) in [5, 5.41) is 3.21. The maximum absolute atomic E-state index is 16.5. The smallest absolute Gasteiger partial charge is 0.320 e. The number of nitrogens with one attached hydrogen (secondary N) is 1. The van der Waals surface area contributed by atoms with Crippen LogP contribution in [0.5, 0.6) is 0 Å².